The van der Waals surface area contributed by atoms with E-state index < -0.39 is 71.1 Å². The minimum Gasteiger partial charge on any atom is -0.462 e. The molecule has 5 aliphatic carbocycles. The molecule has 53 heavy (non-hydrogen) atoms. The number of ketones is 2. The number of hydrogen-bond donors (Lipinski definition) is 1. The van der Waals surface area contributed by atoms with Crippen molar-refractivity contribution in [2.45, 2.75) is 104 Å². The molecule has 0 radical (unpaired) electrons. The predicted molar refractivity (Wildman–Crippen MR) is 189 cm³/mol. The Kier molecular flexibility index (Phi) is 9.79. The molecule has 0 heterocycles. The van der Waals surface area contributed by atoms with Crippen LogP contribution in [0.1, 0.15) is 85.6 Å². The molecule has 6 rings (SSSR count). The summed E-state index contributed by atoms with van der Waals surface area (Å²) in [6, 6.07) is 6.45. The van der Waals surface area contributed by atoms with Crippen LogP contribution in [0, 0.1) is 57.2 Å². The number of Topliss-reactive ketones (excluding diaryl/α,β-unsaturated/α-hetero) is 1. The van der Waals surface area contributed by atoms with Gasteiger partial charge >= 0.3 is 18.1 Å². The van der Waals surface area contributed by atoms with Crippen molar-refractivity contribution in [2.24, 2.45) is 57.2 Å². The largest absolute Gasteiger partial charge is 0.462 e. The van der Waals surface area contributed by atoms with E-state index in [9.17, 15) is 37.5 Å². The number of esters is 2. The predicted octanol–water partition coefficient (Wildman–Crippen LogP) is 7.33. The van der Waals surface area contributed by atoms with Crippen LogP contribution in [0.25, 0.3) is 0 Å². The normalized spacial score (nSPS) is 38.5. The lowest BCUT2D eigenvalue weighted by atomic mass is 9.43. The number of methoxy groups -OCH3 is 1. The highest BCUT2D eigenvalue weighted by atomic mass is 19.4. The van der Waals surface area contributed by atoms with Gasteiger partial charge in [-0.2, -0.15) is 13.2 Å². The molecule has 1 aromatic carbocycles. The van der Waals surface area contributed by atoms with Crippen LogP contribution in [0.3, 0.4) is 0 Å². The molecule has 0 aromatic heterocycles. The summed E-state index contributed by atoms with van der Waals surface area (Å²) in [7, 11) is 0.776. The van der Waals surface area contributed by atoms with Crippen molar-refractivity contribution in [1.82, 2.24) is 0 Å². The molecule has 0 saturated heterocycles. The number of aliphatic hydroxyl groups excluding tert-OH is 1. The van der Waals surface area contributed by atoms with E-state index in [1.54, 1.807) is 13.0 Å². The van der Waals surface area contributed by atoms with Gasteiger partial charge in [0, 0.05) is 37.4 Å². The highest BCUT2D eigenvalue weighted by molar-refractivity contribution is 5.98. The zero-order chi connectivity index (χ0) is 39.1. The maximum atomic E-state index is 14.4. The van der Waals surface area contributed by atoms with Crippen LogP contribution in [0.2, 0.25) is 0 Å². The molecule has 13 atom stereocenters. The molecule has 1 aromatic rings. The summed E-state index contributed by atoms with van der Waals surface area (Å²) in [6.45, 7) is 14.5. The molecule has 2 spiro atoms. The number of allylic oxidation sites excluding steroid dienone is 2. The van der Waals surface area contributed by atoms with Gasteiger partial charge in [0.25, 0.3) is 5.60 Å². The lowest BCUT2D eigenvalue weighted by Crippen LogP contribution is -2.56. The van der Waals surface area contributed by atoms with Crippen LogP contribution >= 0.6 is 0 Å². The first-order chi connectivity index (χ1) is 24.7. The van der Waals surface area contributed by atoms with Gasteiger partial charge in [-0.1, -0.05) is 77.6 Å². The van der Waals surface area contributed by atoms with E-state index in [0.717, 1.165) is 51.3 Å². The number of alkyl halides is 3. The van der Waals surface area contributed by atoms with Crippen LogP contribution in [0.4, 0.5) is 13.2 Å². The number of ether oxygens (including phenoxy) is 3. The lowest BCUT2D eigenvalue weighted by molar-refractivity contribution is -0.276. The summed E-state index contributed by atoms with van der Waals surface area (Å²) in [4.78, 5) is 52.2. The van der Waals surface area contributed by atoms with Crippen molar-refractivity contribution in [2.75, 3.05) is 13.7 Å². The van der Waals surface area contributed by atoms with E-state index in [1.807, 2.05) is 0 Å². The second-order valence-corrected chi connectivity index (χ2v) is 17.3. The van der Waals surface area contributed by atoms with Gasteiger partial charge in [0.05, 0.1) is 6.61 Å². The molecule has 4 fully saturated rings. The molecule has 0 unspecified atom stereocenters. The Labute approximate surface area is 309 Å². The fourth-order valence-corrected chi connectivity index (χ4v) is 12.3. The topological polar surface area (TPSA) is 116 Å². The first-order valence-corrected chi connectivity index (χ1v) is 18.8. The number of hydrogen-bond acceptors (Lipinski definition) is 8. The molecule has 0 aliphatic heterocycles. The van der Waals surface area contributed by atoms with Crippen LogP contribution in [0.5, 0.6) is 0 Å². The smallest absolute Gasteiger partial charge is 0.432 e. The third-order valence-electron chi connectivity index (χ3n) is 15.2. The third-order valence-corrected chi connectivity index (χ3v) is 15.2. The van der Waals surface area contributed by atoms with Crippen molar-refractivity contribution >= 4 is 23.5 Å². The molecular weight excluding hydrogens is 689 g/mol. The monoisotopic (exact) mass is 742 g/mol. The van der Waals surface area contributed by atoms with Gasteiger partial charge in [-0.05, 0) is 89.6 Å². The quantitative estimate of drug-likeness (QED) is 0.185. The first kappa shape index (κ1) is 39.4. The summed E-state index contributed by atoms with van der Waals surface area (Å²) < 4.78 is 59.2. The number of benzene rings is 1. The minimum atomic E-state index is -5.16. The fraction of sp³-hybridized carbons (Fsp3) is 0.667. The summed E-state index contributed by atoms with van der Waals surface area (Å²) in [5, 5.41) is 11.7. The molecule has 5 aliphatic rings. The van der Waals surface area contributed by atoms with Crippen LogP contribution < -0.4 is 0 Å². The Morgan fingerprint density at radius 3 is 2.32 bits per heavy atom. The molecular formula is C42H53F3O8. The van der Waals surface area contributed by atoms with Gasteiger partial charge in [-0.25, -0.2) is 4.79 Å². The average molecular weight is 743 g/mol. The van der Waals surface area contributed by atoms with Crippen molar-refractivity contribution < 1.29 is 51.7 Å². The summed E-state index contributed by atoms with van der Waals surface area (Å²) in [5.74, 6) is -4.04. The number of carbonyl (C=O) groups excluding carboxylic acids is 4. The lowest BCUT2D eigenvalue weighted by Gasteiger charge is -2.61. The van der Waals surface area contributed by atoms with Crippen LogP contribution in [-0.4, -0.2) is 60.7 Å². The van der Waals surface area contributed by atoms with Gasteiger partial charge in [0.1, 0.15) is 12.2 Å². The Balaban J connectivity index is 1.20. The summed E-state index contributed by atoms with van der Waals surface area (Å²) in [5.41, 5.74) is -4.60. The maximum Gasteiger partial charge on any atom is 0.432 e. The molecule has 8 nitrogen and oxygen atoms in total. The Bertz CT molecular complexity index is 1710. The molecule has 290 valence electrons. The van der Waals surface area contributed by atoms with Crippen molar-refractivity contribution in [1.29, 1.82) is 0 Å². The van der Waals surface area contributed by atoms with Gasteiger partial charge < -0.3 is 19.3 Å². The number of halogens is 3. The molecule has 1 N–H and O–H groups in total. The summed E-state index contributed by atoms with van der Waals surface area (Å²) >= 11 is 0. The first-order valence-electron chi connectivity index (χ1n) is 18.8. The maximum absolute atomic E-state index is 14.4. The van der Waals surface area contributed by atoms with E-state index >= 15 is 0 Å². The number of fused-ring (bicyclic) bond motifs is 2. The molecule has 0 amide bonds. The Morgan fingerprint density at radius 2 is 1.72 bits per heavy atom. The molecule has 4 saturated carbocycles. The minimum absolute atomic E-state index is 0.00879. The standard InChI is InChI=1S/C42H53F3O8/c1-23(21-52-36(50)41(51-8,42(43,44)45)28-12-10-9-11-13-28)24(2)34(48)35(49)26(4)33-31(53-27(5)46)20-38(7)32-15-14-29-25(3)30(47)16-17-39(29)22-40(32,39)19-18-37(33,38)6/h9-13,16-17,23,25-26,29,31-33,35,49H,2,14-15,18-22H2,1,3-8H3/t23-,25-,26-,29-,31-,32-,33-,35+,37+,38-,39+,40-,41-/m0/s1. The zero-order valence-electron chi connectivity index (χ0n) is 31.8. The number of rotatable bonds is 11. The number of carbonyl (C=O) groups is 4. The second-order valence-electron chi connectivity index (χ2n) is 17.3. The SMILES string of the molecule is C=C(C(=O)[C@H](O)[C@@H](C)[C@H]1[C@@H](OC(C)=O)C[C@@]2(C)[C@@H]3CC[C@H]4[C@H](C)C(=O)C=C[C@@]45C[C@@]35CC[C@]12C)[C@@H](C)COC(=O)[C@@](OC)(c1ccccc1)C(F)(F)F. The van der Waals surface area contributed by atoms with Crippen LogP contribution in [-0.2, 0) is 39.0 Å². The van der Waals surface area contributed by atoms with Gasteiger partial charge in [-0.3, -0.25) is 14.4 Å². The van der Waals surface area contributed by atoms with E-state index in [0.29, 0.717) is 18.3 Å². The summed E-state index contributed by atoms with van der Waals surface area (Å²) in [6.07, 6.45) is 1.96. The molecule has 0 bridgehead atoms. The van der Waals surface area contributed by atoms with E-state index in [4.69, 9.17) is 14.2 Å². The number of aliphatic hydroxyl groups is 1. The van der Waals surface area contributed by atoms with Gasteiger partial charge in [0.2, 0.25) is 0 Å². The second kappa shape index (κ2) is 13.2. The highest BCUT2D eigenvalue weighted by Crippen LogP contribution is 2.87. The fourth-order valence-electron chi connectivity index (χ4n) is 12.3. The van der Waals surface area contributed by atoms with E-state index in [1.165, 1.54) is 32.0 Å². The Hall–Kier alpha value is -3.31. The van der Waals surface area contributed by atoms with Gasteiger partial charge in [-0.15, -0.1) is 0 Å². The third kappa shape index (κ3) is 5.52. The highest BCUT2D eigenvalue weighted by Gasteiger charge is 2.81. The van der Waals surface area contributed by atoms with E-state index in [2.05, 4.69) is 33.4 Å². The van der Waals surface area contributed by atoms with Crippen molar-refractivity contribution in [3.8, 4) is 0 Å². The van der Waals surface area contributed by atoms with Gasteiger partial charge in [0.15, 0.2) is 11.6 Å². The van der Waals surface area contributed by atoms with Crippen molar-refractivity contribution in [3.63, 3.8) is 0 Å². The van der Waals surface area contributed by atoms with Crippen LogP contribution in [0.15, 0.2) is 54.6 Å². The average Bonchev–Trinajstić information content (AvgIpc) is 3.71. The zero-order valence-corrected chi connectivity index (χ0v) is 31.8. The Morgan fingerprint density at radius 1 is 1.06 bits per heavy atom. The molecule has 11 heteroatoms. The van der Waals surface area contributed by atoms with Crippen molar-refractivity contribution in [3.05, 3.63) is 60.2 Å². The van der Waals surface area contributed by atoms with E-state index in [-0.39, 0.29) is 39.4 Å².